The molecule has 0 aliphatic carbocycles. The first-order valence-electron chi connectivity index (χ1n) is 7.18. The molecule has 0 aromatic heterocycles. The Labute approximate surface area is 163 Å². The second-order valence-corrected chi connectivity index (χ2v) is 8.32. The summed E-state index contributed by atoms with van der Waals surface area (Å²) >= 11 is 9.10. The lowest BCUT2D eigenvalue weighted by Gasteiger charge is -2.22. The van der Waals surface area contributed by atoms with E-state index in [1.807, 2.05) is 0 Å². The molecule has 0 heterocycles. The third-order valence-electron chi connectivity index (χ3n) is 3.19. The van der Waals surface area contributed by atoms with E-state index in [9.17, 15) is 17.6 Å². The molecule has 0 radical (unpaired) electrons. The molecule has 0 saturated heterocycles. The standard InChI is InChI=1S/C16H14BrClFN3O3S/c1-26(24,25)22(15-8-3-2-5-12(15)17)10-16(23)21-20-9-11-13(18)6-4-7-14(11)19/h2-9H,10H2,1H3,(H,21,23)/b20-9+. The van der Waals surface area contributed by atoms with Crippen LogP contribution in [0.5, 0.6) is 0 Å². The van der Waals surface area contributed by atoms with E-state index in [0.717, 1.165) is 16.8 Å². The van der Waals surface area contributed by atoms with Gasteiger partial charge in [-0.05, 0) is 40.2 Å². The van der Waals surface area contributed by atoms with Gasteiger partial charge in [0.1, 0.15) is 12.4 Å². The van der Waals surface area contributed by atoms with Crippen LogP contribution >= 0.6 is 27.5 Å². The molecule has 0 fully saturated rings. The molecule has 0 bridgehead atoms. The molecule has 0 spiro atoms. The van der Waals surface area contributed by atoms with E-state index in [-0.39, 0.29) is 10.6 Å². The number of anilines is 1. The van der Waals surface area contributed by atoms with Crippen molar-refractivity contribution in [2.45, 2.75) is 0 Å². The predicted molar refractivity (Wildman–Crippen MR) is 103 cm³/mol. The lowest BCUT2D eigenvalue weighted by atomic mass is 10.2. The molecule has 6 nitrogen and oxygen atoms in total. The number of sulfonamides is 1. The molecule has 0 saturated carbocycles. The molecule has 138 valence electrons. The minimum Gasteiger partial charge on any atom is -0.271 e. The zero-order valence-electron chi connectivity index (χ0n) is 13.5. The SMILES string of the molecule is CS(=O)(=O)N(CC(=O)N/N=C/c1c(F)cccc1Cl)c1ccccc1Br. The van der Waals surface area contributed by atoms with Crippen molar-refractivity contribution in [1.29, 1.82) is 0 Å². The quantitative estimate of drug-likeness (QED) is 0.529. The number of rotatable bonds is 6. The smallest absolute Gasteiger partial charge is 0.260 e. The molecule has 0 aliphatic heterocycles. The zero-order valence-corrected chi connectivity index (χ0v) is 16.6. The zero-order chi connectivity index (χ0) is 19.3. The van der Waals surface area contributed by atoms with Crippen molar-refractivity contribution < 1.29 is 17.6 Å². The van der Waals surface area contributed by atoms with E-state index in [4.69, 9.17) is 11.6 Å². The van der Waals surface area contributed by atoms with Gasteiger partial charge in [-0.3, -0.25) is 9.10 Å². The lowest BCUT2D eigenvalue weighted by molar-refractivity contribution is -0.119. The third kappa shape index (κ3) is 5.26. The topological polar surface area (TPSA) is 78.8 Å². The van der Waals surface area contributed by atoms with Gasteiger partial charge in [0.15, 0.2) is 0 Å². The predicted octanol–water partition coefficient (Wildman–Crippen LogP) is 3.16. The molecule has 0 unspecified atom stereocenters. The molecule has 2 rings (SSSR count). The summed E-state index contributed by atoms with van der Waals surface area (Å²) in [7, 11) is -3.72. The monoisotopic (exact) mass is 461 g/mol. The second kappa shape index (κ2) is 8.61. The Morgan fingerprint density at radius 3 is 2.62 bits per heavy atom. The molecule has 26 heavy (non-hydrogen) atoms. The molecule has 0 atom stereocenters. The van der Waals surface area contributed by atoms with Crippen LogP contribution in [0.4, 0.5) is 10.1 Å². The molecule has 0 aliphatic rings. The normalized spacial score (nSPS) is 11.5. The number of para-hydroxylation sites is 1. The number of halogens is 3. The largest absolute Gasteiger partial charge is 0.271 e. The fraction of sp³-hybridized carbons (Fsp3) is 0.125. The molecular weight excluding hydrogens is 449 g/mol. The van der Waals surface area contributed by atoms with E-state index in [1.54, 1.807) is 24.3 Å². The summed E-state index contributed by atoms with van der Waals surface area (Å²) in [6.07, 6.45) is 2.04. The first kappa shape index (κ1) is 20.3. The van der Waals surface area contributed by atoms with Gasteiger partial charge in [-0.25, -0.2) is 18.2 Å². The highest BCUT2D eigenvalue weighted by Gasteiger charge is 2.22. The van der Waals surface area contributed by atoms with E-state index < -0.39 is 28.3 Å². The summed E-state index contributed by atoms with van der Waals surface area (Å²) in [6.45, 7) is -0.496. The van der Waals surface area contributed by atoms with Crippen LogP contribution in [0.3, 0.4) is 0 Å². The van der Waals surface area contributed by atoms with Crippen LogP contribution < -0.4 is 9.73 Å². The average molecular weight is 463 g/mol. The fourth-order valence-corrected chi connectivity index (χ4v) is 3.70. The van der Waals surface area contributed by atoms with Crippen molar-refractivity contribution in [2.24, 2.45) is 5.10 Å². The average Bonchev–Trinajstić information content (AvgIpc) is 2.55. The number of nitrogens with one attached hydrogen (secondary N) is 1. The maximum absolute atomic E-state index is 13.6. The minimum absolute atomic E-state index is 0.0141. The van der Waals surface area contributed by atoms with Gasteiger partial charge in [-0.15, -0.1) is 0 Å². The molecule has 2 aromatic rings. The van der Waals surface area contributed by atoms with Gasteiger partial charge >= 0.3 is 0 Å². The highest BCUT2D eigenvalue weighted by atomic mass is 79.9. The van der Waals surface area contributed by atoms with Crippen molar-refractivity contribution in [3.05, 3.63) is 63.3 Å². The van der Waals surface area contributed by atoms with Gasteiger partial charge in [-0.2, -0.15) is 5.10 Å². The Hall–Kier alpha value is -1.97. The van der Waals surface area contributed by atoms with Crippen LogP contribution in [0, 0.1) is 5.82 Å². The second-order valence-electron chi connectivity index (χ2n) is 5.15. The van der Waals surface area contributed by atoms with Gasteiger partial charge in [-0.1, -0.05) is 29.8 Å². The highest BCUT2D eigenvalue weighted by molar-refractivity contribution is 9.10. The number of benzene rings is 2. The van der Waals surface area contributed by atoms with Crippen molar-refractivity contribution in [2.75, 3.05) is 17.1 Å². The van der Waals surface area contributed by atoms with Crippen LogP contribution in [-0.2, 0) is 14.8 Å². The van der Waals surface area contributed by atoms with Crippen LogP contribution in [0.15, 0.2) is 52.0 Å². The number of amides is 1. The van der Waals surface area contributed by atoms with Crippen LogP contribution in [-0.4, -0.2) is 33.3 Å². The summed E-state index contributed by atoms with van der Waals surface area (Å²) in [5.41, 5.74) is 2.49. The highest BCUT2D eigenvalue weighted by Crippen LogP contribution is 2.27. The number of carbonyl (C=O) groups excluding carboxylic acids is 1. The molecule has 2 aromatic carbocycles. The van der Waals surface area contributed by atoms with Crippen molar-refractivity contribution in [3.8, 4) is 0 Å². The Kier molecular flexibility index (Phi) is 6.74. The number of hydrogen-bond acceptors (Lipinski definition) is 4. The summed E-state index contributed by atoms with van der Waals surface area (Å²) < 4.78 is 39.1. The summed E-state index contributed by atoms with van der Waals surface area (Å²) in [5, 5.41) is 3.77. The van der Waals surface area contributed by atoms with Gasteiger partial charge < -0.3 is 0 Å². The number of hydrogen-bond donors (Lipinski definition) is 1. The van der Waals surface area contributed by atoms with Crippen LogP contribution in [0.1, 0.15) is 5.56 Å². The summed E-state index contributed by atoms with van der Waals surface area (Å²) in [6, 6.07) is 10.7. The van der Waals surface area contributed by atoms with Crippen molar-refractivity contribution in [1.82, 2.24) is 5.43 Å². The van der Waals surface area contributed by atoms with Crippen LogP contribution in [0.2, 0.25) is 5.02 Å². The van der Waals surface area contributed by atoms with Crippen molar-refractivity contribution >= 4 is 55.4 Å². The molecule has 10 heteroatoms. The van der Waals surface area contributed by atoms with Crippen LogP contribution in [0.25, 0.3) is 0 Å². The van der Waals surface area contributed by atoms with Gasteiger partial charge in [0.05, 0.1) is 23.2 Å². The Morgan fingerprint density at radius 2 is 2.00 bits per heavy atom. The van der Waals surface area contributed by atoms with E-state index in [2.05, 4.69) is 26.5 Å². The van der Waals surface area contributed by atoms with E-state index >= 15 is 0 Å². The lowest BCUT2D eigenvalue weighted by Crippen LogP contribution is -2.39. The molecule has 1 N–H and O–H groups in total. The van der Waals surface area contributed by atoms with Crippen molar-refractivity contribution in [3.63, 3.8) is 0 Å². The number of carbonyl (C=O) groups is 1. The first-order valence-corrected chi connectivity index (χ1v) is 10.2. The number of nitrogens with zero attached hydrogens (tertiary/aromatic N) is 2. The summed E-state index contributed by atoms with van der Waals surface area (Å²) in [5.74, 6) is -1.30. The maximum atomic E-state index is 13.6. The molecular formula is C16H14BrClFN3O3S. The third-order valence-corrected chi connectivity index (χ3v) is 5.32. The van der Waals surface area contributed by atoms with Gasteiger partial charge in [0, 0.05) is 10.0 Å². The minimum atomic E-state index is -3.72. The van der Waals surface area contributed by atoms with Gasteiger partial charge in [0.25, 0.3) is 5.91 Å². The van der Waals surface area contributed by atoms with Gasteiger partial charge in [0.2, 0.25) is 10.0 Å². The Balaban J connectivity index is 2.14. The van der Waals surface area contributed by atoms with E-state index in [1.165, 1.54) is 18.2 Å². The molecule has 1 amide bonds. The first-order chi connectivity index (χ1) is 12.2. The maximum Gasteiger partial charge on any atom is 0.260 e. The van der Waals surface area contributed by atoms with E-state index in [0.29, 0.717) is 10.2 Å². The number of hydrazone groups is 1. The Bertz CT molecular complexity index is 933. The Morgan fingerprint density at radius 1 is 1.31 bits per heavy atom. The summed E-state index contributed by atoms with van der Waals surface area (Å²) in [4.78, 5) is 12.1. The fourth-order valence-electron chi connectivity index (χ4n) is 2.00.